The molecule has 0 aliphatic rings. The highest BCUT2D eigenvalue weighted by Gasteiger charge is 2.29. The molecule has 1 N–H and O–H groups in total. The quantitative estimate of drug-likeness (QED) is 0.613. The van der Waals surface area contributed by atoms with Crippen molar-refractivity contribution in [2.75, 3.05) is 7.05 Å². The summed E-state index contributed by atoms with van der Waals surface area (Å²) in [5, 5.41) is 3.20. The summed E-state index contributed by atoms with van der Waals surface area (Å²) in [7, 11) is 1.26. The average Bonchev–Trinajstić information content (AvgIpc) is 2.56. The average molecular weight is 364 g/mol. The van der Waals surface area contributed by atoms with Crippen LogP contribution in [-0.2, 0) is 24.0 Å². The maximum atomic E-state index is 12.5. The van der Waals surface area contributed by atoms with Gasteiger partial charge in [-0.3, -0.25) is 4.79 Å². The molecule has 0 radical (unpaired) electrons. The molecule has 0 heterocycles. The highest BCUT2D eigenvalue weighted by Crippen LogP contribution is 2.17. The van der Waals surface area contributed by atoms with E-state index in [0.29, 0.717) is 11.8 Å². The molecule has 0 fully saturated rings. The Morgan fingerprint density at radius 2 is 1.81 bits per heavy atom. The minimum absolute atomic E-state index is 0.0268. The van der Waals surface area contributed by atoms with Crippen molar-refractivity contribution >= 4 is 24.3 Å². The molecule has 8 nitrogen and oxygen atoms in total. The third kappa shape index (κ3) is 7.33. The number of rotatable bonds is 6. The molecule has 26 heavy (non-hydrogen) atoms. The van der Waals surface area contributed by atoms with Gasteiger partial charge in [0.2, 0.25) is 0 Å². The van der Waals surface area contributed by atoms with E-state index in [1.807, 2.05) is 0 Å². The van der Waals surface area contributed by atoms with E-state index in [1.165, 1.54) is 7.05 Å². The van der Waals surface area contributed by atoms with Gasteiger partial charge in [0.1, 0.15) is 11.9 Å². The van der Waals surface area contributed by atoms with Crippen molar-refractivity contribution in [2.24, 2.45) is 0 Å². The van der Waals surface area contributed by atoms with Crippen molar-refractivity contribution in [3.63, 3.8) is 0 Å². The number of hydroxylamine groups is 2. The Hall–Kier alpha value is -2.90. The van der Waals surface area contributed by atoms with E-state index in [4.69, 9.17) is 9.57 Å². The number of benzene rings is 1. The maximum Gasteiger partial charge on any atom is 0.408 e. The van der Waals surface area contributed by atoms with E-state index in [9.17, 15) is 19.2 Å². The van der Waals surface area contributed by atoms with E-state index >= 15 is 0 Å². The van der Waals surface area contributed by atoms with Crippen LogP contribution in [0.1, 0.15) is 45.2 Å². The van der Waals surface area contributed by atoms with Crippen molar-refractivity contribution in [3.8, 4) is 0 Å². The highest BCUT2D eigenvalue weighted by molar-refractivity contribution is 5.84. The second-order valence-corrected chi connectivity index (χ2v) is 6.50. The van der Waals surface area contributed by atoms with Crippen LogP contribution < -0.4 is 5.32 Å². The number of ether oxygens (including phenoxy) is 1. The number of nitrogens with one attached hydrogen (secondary N) is 1. The summed E-state index contributed by atoms with van der Waals surface area (Å²) in [6.07, 6.45) is -0.246. The molecule has 0 spiro atoms. The number of alkyl carbamates (subject to hydrolysis) is 1. The van der Waals surface area contributed by atoms with Crippen LogP contribution in [0.5, 0.6) is 0 Å². The van der Waals surface area contributed by atoms with Crippen molar-refractivity contribution in [1.82, 2.24) is 10.4 Å². The van der Waals surface area contributed by atoms with Gasteiger partial charge in [0.05, 0.1) is 0 Å². The summed E-state index contributed by atoms with van der Waals surface area (Å²) in [6.45, 7) is 5.09. The molecule has 0 aliphatic heterocycles. The van der Waals surface area contributed by atoms with Crippen LogP contribution >= 0.6 is 0 Å². The molecular formula is C18H24N2O6. The number of amides is 2. The molecule has 1 rings (SSSR count). The van der Waals surface area contributed by atoms with Crippen LogP contribution in [0.4, 0.5) is 4.79 Å². The normalized spacial score (nSPS) is 11.8. The number of aldehydes is 1. The first-order valence-electron chi connectivity index (χ1n) is 8.10. The van der Waals surface area contributed by atoms with E-state index in [2.05, 4.69) is 5.32 Å². The summed E-state index contributed by atoms with van der Waals surface area (Å²) in [4.78, 5) is 51.7. The van der Waals surface area contributed by atoms with Gasteiger partial charge < -0.3 is 19.7 Å². The van der Waals surface area contributed by atoms with E-state index in [-0.39, 0.29) is 12.8 Å². The standard InChI is InChI=1S/C18H24N2O6/c1-18(2,3)25-17(24)19-15(13-9-6-5-7-10-13)16(23)26-20(4)14(22)11-8-12-21/h5-7,9-10,12,15H,8,11H2,1-4H3,(H,19,24). The van der Waals surface area contributed by atoms with Gasteiger partial charge >= 0.3 is 12.1 Å². The van der Waals surface area contributed by atoms with Gasteiger partial charge in [0.25, 0.3) is 5.91 Å². The molecule has 1 aromatic carbocycles. The molecule has 1 aromatic rings. The van der Waals surface area contributed by atoms with Gasteiger partial charge in [0.15, 0.2) is 6.04 Å². The molecule has 1 unspecified atom stereocenters. The van der Waals surface area contributed by atoms with Crippen LogP contribution in [0.25, 0.3) is 0 Å². The summed E-state index contributed by atoms with van der Waals surface area (Å²) < 4.78 is 5.17. The molecular weight excluding hydrogens is 340 g/mol. The molecule has 8 heteroatoms. The zero-order valence-electron chi connectivity index (χ0n) is 15.4. The lowest BCUT2D eigenvalue weighted by atomic mass is 10.1. The Morgan fingerprint density at radius 3 is 2.35 bits per heavy atom. The lowest BCUT2D eigenvalue weighted by Crippen LogP contribution is -2.41. The topological polar surface area (TPSA) is 102 Å². The summed E-state index contributed by atoms with van der Waals surface area (Å²) in [5.74, 6) is -1.39. The number of hydrogen-bond donors (Lipinski definition) is 1. The highest BCUT2D eigenvalue weighted by atomic mass is 16.7. The molecule has 1 atom stereocenters. The van der Waals surface area contributed by atoms with Gasteiger partial charge in [0, 0.05) is 19.9 Å². The Labute approximate surface area is 152 Å². The fourth-order valence-electron chi connectivity index (χ4n) is 1.93. The Balaban J connectivity index is 2.87. The summed E-state index contributed by atoms with van der Waals surface area (Å²) in [6, 6.07) is 7.27. The fraction of sp³-hybridized carbons (Fsp3) is 0.444. The summed E-state index contributed by atoms with van der Waals surface area (Å²) >= 11 is 0. The first-order chi connectivity index (χ1) is 12.1. The molecule has 142 valence electrons. The van der Waals surface area contributed by atoms with Crippen molar-refractivity contribution in [2.45, 2.75) is 45.3 Å². The minimum Gasteiger partial charge on any atom is -0.444 e. The van der Waals surface area contributed by atoms with Crippen molar-refractivity contribution in [3.05, 3.63) is 35.9 Å². The van der Waals surface area contributed by atoms with Crippen LogP contribution in [-0.4, -0.2) is 42.0 Å². The number of nitrogens with zero attached hydrogens (tertiary/aromatic N) is 1. The first-order valence-corrected chi connectivity index (χ1v) is 8.10. The van der Waals surface area contributed by atoms with E-state index < -0.39 is 29.6 Å². The van der Waals surface area contributed by atoms with Crippen LogP contribution in [0.15, 0.2) is 30.3 Å². The van der Waals surface area contributed by atoms with Crippen molar-refractivity contribution in [1.29, 1.82) is 0 Å². The molecule has 2 amide bonds. The lowest BCUT2D eigenvalue weighted by Gasteiger charge is -2.24. The Kier molecular flexibility index (Phi) is 7.77. The van der Waals surface area contributed by atoms with Gasteiger partial charge in [-0.05, 0) is 26.3 Å². The molecule has 0 bridgehead atoms. The van der Waals surface area contributed by atoms with Crippen LogP contribution in [0.3, 0.4) is 0 Å². The Bertz CT molecular complexity index is 639. The van der Waals surface area contributed by atoms with Gasteiger partial charge in [-0.25, -0.2) is 9.59 Å². The first kappa shape index (κ1) is 21.1. The van der Waals surface area contributed by atoms with Gasteiger partial charge in [-0.1, -0.05) is 30.3 Å². The fourth-order valence-corrected chi connectivity index (χ4v) is 1.93. The Morgan fingerprint density at radius 1 is 1.19 bits per heavy atom. The second-order valence-electron chi connectivity index (χ2n) is 6.50. The zero-order chi connectivity index (χ0) is 19.7. The maximum absolute atomic E-state index is 12.5. The van der Waals surface area contributed by atoms with Crippen LogP contribution in [0.2, 0.25) is 0 Å². The van der Waals surface area contributed by atoms with Gasteiger partial charge in [-0.2, -0.15) is 5.06 Å². The van der Waals surface area contributed by atoms with Gasteiger partial charge in [-0.15, -0.1) is 0 Å². The molecule has 0 saturated carbocycles. The number of carbonyl (C=O) groups excluding carboxylic acids is 4. The van der Waals surface area contributed by atoms with Crippen molar-refractivity contribution < 1.29 is 28.8 Å². The molecule has 0 aromatic heterocycles. The largest absolute Gasteiger partial charge is 0.444 e. The number of carbonyl (C=O) groups is 4. The predicted octanol–water partition coefficient (Wildman–Crippen LogP) is 2.15. The second kappa shape index (κ2) is 9.55. The zero-order valence-corrected chi connectivity index (χ0v) is 15.4. The smallest absolute Gasteiger partial charge is 0.408 e. The SMILES string of the molecule is CN(OC(=O)C(NC(=O)OC(C)(C)C)c1ccccc1)C(=O)CCC=O. The third-order valence-electron chi connectivity index (χ3n) is 3.08. The monoisotopic (exact) mass is 364 g/mol. The molecule has 0 aliphatic carbocycles. The third-order valence-corrected chi connectivity index (χ3v) is 3.08. The molecule has 0 saturated heterocycles. The predicted molar refractivity (Wildman–Crippen MR) is 92.7 cm³/mol. The summed E-state index contributed by atoms with van der Waals surface area (Å²) in [5.41, 5.74) is -0.270. The van der Waals surface area contributed by atoms with E-state index in [1.54, 1.807) is 51.1 Å². The lowest BCUT2D eigenvalue weighted by molar-refractivity contribution is -0.194. The van der Waals surface area contributed by atoms with E-state index in [0.717, 1.165) is 5.06 Å². The number of hydrogen-bond acceptors (Lipinski definition) is 6. The minimum atomic E-state index is -1.16. The van der Waals surface area contributed by atoms with Crippen LogP contribution in [0, 0.1) is 0 Å².